The Morgan fingerprint density at radius 3 is 2.85 bits per heavy atom. The van der Waals surface area contributed by atoms with Gasteiger partial charge in [-0.25, -0.2) is 14.4 Å². The minimum atomic E-state index is -1.03. The van der Waals surface area contributed by atoms with Crippen molar-refractivity contribution >= 4 is 28.5 Å². The zero-order valence-corrected chi connectivity index (χ0v) is 14.2. The van der Waals surface area contributed by atoms with Gasteiger partial charge in [0.1, 0.15) is 24.0 Å². The van der Waals surface area contributed by atoms with E-state index in [1.165, 1.54) is 23.4 Å². The van der Waals surface area contributed by atoms with Gasteiger partial charge in [0.05, 0.1) is 5.52 Å². The van der Waals surface area contributed by atoms with Crippen LogP contribution in [0.4, 0.5) is 10.2 Å². The maximum atomic E-state index is 14.3. The van der Waals surface area contributed by atoms with Gasteiger partial charge in [0, 0.05) is 29.6 Å². The first-order valence-electron chi connectivity index (χ1n) is 8.39. The van der Waals surface area contributed by atoms with E-state index < -0.39 is 17.8 Å². The standard InChI is InChI=1S/C19H16FN5O2/c20-14-4-2-1-3-12(14)16-18(26)22-7-8-25(16)19(27)11-5-6-13-15(9-11)23-10-24-17(13)21/h1-6,9-10,16H,7-8H2,(H,22,26)(H2,21,23,24). The first-order valence-corrected chi connectivity index (χ1v) is 8.39. The monoisotopic (exact) mass is 365 g/mol. The number of carbonyl (C=O) groups is 2. The summed E-state index contributed by atoms with van der Waals surface area (Å²) in [4.78, 5) is 35.0. The normalized spacial score (nSPS) is 17.0. The number of nitrogens with one attached hydrogen (secondary N) is 1. The number of hydrogen-bond donors (Lipinski definition) is 2. The van der Waals surface area contributed by atoms with Crippen molar-refractivity contribution in [3.8, 4) is 0 Å². The number of rotatable bonds is 2. The van der Waals surface area contributed by atoms with E-state index in [0.717, 1.165) is 0 Å². The summed E-state index contributed by atoms with van der Waals surface area (Å²) >= 11 is 0. The van der Waals surface area contributed by atoms with Crippen LogP contribution in [0.1, 0.15) is 22.0 Å². The number of fused-ring (bicyclic) bond motifs is 1. The molecule has 27 heavy (non-hydrogen) atoms. The number of aromatic nitrogens is 2. The van der Waals surface area contributed by atoms with Crippen LogP contribution in [0.2, 0.25) is 0 Å². The average molecular weight is 365 g/mol. The van der Waals surface area contributed by atoms with Crippen molar-refractivity contribution in [2.75, 3.05) is 18.8 Å². The van der Waals surface area contributed by atoms with Gasteiger partial charge in [0.15, 0.2) is 0 Å². The summed E-state index contributed by atoms with van der Waals surface area (Å²) in [6.07, 6.45) is 1.32. The van der Waals surface area contributed by atoms with E-state index in [1.807, 2.05) is 0 Å². The molecule has 136 valence electrons. The first kappa shape index (κ1) is 16.9. The van der Waals surface area contributed by atoms with Gasteiger partial charge in [0.25, 0.3) is 5.91 Å². The highest BCUT2D eigenvalue weighted by molar-refractivity contribution is 6.01. The van der Waals surface area contributed by atoms with E-state index in [0.29, 0.717) is 28.8 Å². The smallest absolute Gasteiger partial charge is 0.254 e. The van der Waals surface area contributed by atoms with Crippen molar-refractivity contribution in [2.45, 2.75) is 6.04 Å². The fourth-order valence-corrected chi connectivity index (χ4v) is 3.27. The van der Waals surface area contributed by atoms with E-state index >= 15 is 0 Å². The summed E-state index contributed by atoms with van der Waals surface area (Å²) in [7, 11) is 0. The van der Waals surface area contributed by atoms with Gasteiger partial charge in [0.2, 0.25) is 5.91 Å². The molecule has 1 fully saturated rings. The molecular weight excluding hydrogens is 349 g/mol. The zero-order chi connectivity index (χ0) is 19.0. The Balaban J connectivity index is 1.75. The van der Waals surface area contributed by atoms with E-state index in [1.54, 1.807) is 30.3 Å². The van der Waals surface area contributed by atoms with Crippen molar-refractivity contribution in [1.82, 2.24) is 20.2 Å². The number of anilines is 1. The second-order valence-corrected chi connectivity index (χ2v) is 6.20. The van der Waals surface area contributed by atoms with E-state index in [2.05, 4.69) is 15.3 Å². The molecule has 1 unspecified atom stereocenters. The molecule has 0 bridgehead atoms. The van der Waals surface area contributed by atoms with Crippen molar-refractivity contribution in [1.29, 1.82) is 0 Å². The van der Waals surface area contributed by atoms with Crippen LogP contribution in [0, 0.1) is 5.82 Å². The fourth-order valence-electron chi connectivity index (χ4n) is 3.27. The summed E-state index contributed by atoms with van der Waals surface area (Å²) in [5.41, 5.74) is 6.85. The number of halogens is 1. The number of carbonyl (C=O) groups excluding carboxylic acids is 2. The molecule has 3 aromatic rings. The van der Waals surface area contributed by atoms with Crippen molar-refractivity contribution in [3.63, 3.8) is 0 Å². The van der Waals surface area contributed by atoms with Crippen molar-refractivity contribution in [3.05, 3.63) is 65.7 Å². The zero-order valence-electron chi connectivity index (χ0n) is 14.2. The van der Waals surface area contributed by atoms with Gasteiger partial charge in [-0.05, 0) is 24.3 Å². The highest BCUT2D eigenvalue weighted by atomic mass is 19.1. The van der Waals surface area contributed by atoms with E-state index in [-0.39, 0.29) is 18.0 Å². The number of benzene rings is 2. The van der Waals surface area contributed by atoms with Gasteiger partial charge < -0.3 is 16.0 Å². The lowest BCUT2D eigenvalue weighted by atomic mass is 10.00. The Morgan fingerprint density at radius 2 is 2.04 bits per heavy atom. The molecule has 1 aliphatic heterocycles. The minimum Gasteiger partial charge on any atom is -0.383 e. The summed E-state index contributed by atoms with van der Waals surface area (Å²) in [6.45, 7) is 0.575. The van der Waals surface area contributed by atoms with E-state index in [9.17, 15) is 14.0 Å². The molecule has 0 radical (unpaired) electrons. The molecule has 2 aromatic carbocycles. The summed E-state index contributed by atoms with van der Waals surface area (Å²) in [5.74, 6) is -0.999. The molecule has 2 heterocycles. The number of amides is 2. The first-order chi connectivity index (χ1) is 13.1. The molecule has 2 amide bonds. The molecular formula is C19H16FN5O2. The number of piperazine rings is 1. The second kappa shape index (κ2) is 6.64. The lowest BCUT2D eigenvalue weighted by molar-refractivity contribution is -0.128. The van der Waals surface area contributed by atoms with Crippen LogP contribution in [-0.4, -0.2) is 39.8 Å². The lowest BCUT2D eigenvalue weighted by Crippen LogP contribution is -2.52. The number of nitrogen functional groups attached to an aromatic ring is 1. The van der Waals surface area contributed by atoms with Crippen LogP contribution in [-0.2, 0) is 4.79 Å². The van der Waals surface area contributed by atoms with Gasteiger partial charge in [-0.2, -0.15) is 0 Å². The molecule has 0 saturated carbocycles. The molecule has 0 spiro atoms. The van der Waals surface area contributed by atoms with Crippen LogP contribution in [0.25, 0.3) is 10.9 Å². The highest BCUT2D eigenvalue weighted by Crippen LogP contribution is 2.28. The summed E-state index contributed by atoms with van der Waals surface area (Å²) < 4.78 is 14.3. The molecule has 1 atom stereocenters. The predicted molar refractivity (Wildman–Crippen MR) is 97.1 cm³/mol. The molecule has 1 aromatic heterocycles. The van der Waals surface area contributed by atoms with Gasteiger partial charge >= 0.3 is 0 Å². The summed E-state index contributed by atoms with van der Waals surface area (Å²) in [6, 6.07) is 9.81. The van der Waals surface area contributed by atoms with Crippen LogP contribution in [0.5, 0.6) is 0 Å². The van der Waals surface area contributed by atoms with E-state index in [4.69, 9.17) is 5.73 Å². The third-order valence-corrected chi connectivity index (χ3v) is 4.59. The SMILES string of the molecule is Nc1ncnc2cc(C(=O)N3CCNC(=O)C3c3ccccc3F)ccc12. The number of hydrogen-bond acceptors (Lipinski definition) is 5. The summed E-state index contributed by atoms with van der Waals surface area (Å²) in [5, 5.41) is 3.33. The fraction of sp³-hybridized carbons (Fsp3) is 0.158. The molecule has 1 saturated heterocycles. The Labute approximate surface area is 154 Å². The largest absolute Gasteiger partial charge is 0.383 e. The highest BCUT2D eigenvalue weighted by Gasteiger charge is 2.36. The number of nitrogens with zero attached hydrogens (tertiary/aromatic N) is 3. The van der Waals surface area contributed by atoms with Crippen molar-refractivity contribution in [2.24, 2.45) is 0 Å². The molecule has 7 nitrogen and oxygen atoms in total. The average Bonchev–Trinajstić information content (AvgIpc) is 2.68. The molecule has 0 aliphatic carbocycles. The quantitative estimate of drug-likeness (QED) is 0.719. The molecule has 3 N–H and O–H groups in total. The number of nitrogens with two attached hydrogens (primary N) is 1. The Morgan fingerprint density at radius 1 is 1.22 bits per heavy atom. The predicted octanol–water partition coefficient (Wildman–Crippen LogP) is 1.66. The van der Waals surface area contributed by atoms with Crippen LogP contribution in [0.15, 0.2) is 48.8 Å². The van der Waals surface area contributed by atoms with Gasteiger partial charge in [-0.15, -0.1) is 0 Å². The van der Waals surface area contributed by atoms with Gasteiger partial charge in [-0.1, -0.05) is 18.2 Å². The molecule has 1 aliphatic rings. The Bertz CT molecular complexity index is 1060. The topological polar surface area (TPSA) is 101 Å². The Kier molecular flexibility index (Phi) is 4.15. The maximum absolute atomic E-state index is 14.3. The van der Waals surface area contributed by atoms with Crippen LogP contribution in [0.3, 0.4) is 0 Å². The second-order valence-electron chi connectivity index (χ2n) is 6.20. The lowest BCUT2D eigenvalue weighted by Gasteiger charge is -2.35. The molecule has 4 rings (SSSR count). The van der Waals surface area contributed by atoms with Gasteiger partial charge in [-0.3, -0.25) is 9.59 Å². The molecule has 8 heteroatoms. The Hall–Kier alpha value is -3.55. The minimum absolute atomic E-state index is 0.162. The third-order valence-electron chi connectivity index (χ3n) is 4.59. The van der Waals surface area contributed by atoms with Crippen LogP contribution >= 0.6 is 0 Å². The van der Waals surface area contributed by atoms with Crippen LogP contribution < -0.4 is 11.1 Å². The maximum Gasteiger partial charge on any atom is 0.254 e. The third kappa shape index (κ3) is 2.95. The van der Waals surface area contributed by atoms with Crippen molar-refractivity contribution < 1.29 is 14.0 Å².